The number of hydrogen-bond donors (Lipinski definition) is 1. The molecule has 2 nitrogen and oxygen atoms in total. The van der Waals surface area contributed by atoms with Gasteiger partial charge in [-0.25, -0.2) is 9.37 Å². The summed E-state index contributed by atoms with van der Waals surface area (Å²) >= 11 is 0. The second-order valence-corrected chi connectivity index (χ2v) is 4.51. The fraction of sp³-hybridized carbons (Fsp3) is 0.400. The standard InChI is InChI=1S/C15H19FN2/c1-3-5-12-9-11-6-7-13(16)10-14(11)18-15(12)17-8-4-2/h6-7,9-10H,3-5,8H2,1-2H3,(H,17,18). The molecule has 3 heteroatoms. The number of rotatable bonds is 5. The van der Waals surface area contributed by atoms with Crippen LogP contribution in [0.15, 0.2) is 24.3 Å². The molecule has 0 fully saturated rings. The van der Waals surface area contributed by atoms with Crippen molar-refractivity contribution in [2.75, 3.05) is 11.9 Å². The van der Waals surface area contributed by atoms with E-state index in [1.165, 1.54) is 17.7 Å². The number of aromatic nitrogens is 1. The predicted octanol–water partition coefficient (Wildman–Crippen LogP) is 4.15. The van der Waals surface area contributed by atoms with Crippen LogP contribution >= 0.6 is 0 Å². The van der Waals surface area contributed by atoms with Gasteiger partial charge in [-0.1, -0.05) is 20.3 Å². The van der Waals surface area contributed by atoms with Gasteiger partial charge < -0.3 is 5.32 Å². The number of benzene rings is 1. The smallest absolute Gasteiger partial charge is 0.129 e. The van der Waals surface area contributed by atoms with E-state index in [4.69, 9.17) is 0 Å². The lowest BCUT2D eigenvalue weighted by Crippen LogP contribution is -2.05. The number of hydrogen-bond acceptors (Lipinski definition) is 2. The van der Waals surface area contributed by atoms with E-state index in [9.17, 15) is 4.39 Å². The largest absolute Gasteiger partial charge is 0.370 e. The lowest BCUT2D eigenvalue weighted by atomic mass is 10.1. The fourth-order valence-corrected chi connectivity index (χ4v) is 2.04. The van der Waals surface area contributed by atoms with Gasteiger partial charge >= 0.3 is 0 Å². The number of halogens is 1. The molecular weight excluding hydrogens is 227 g/mol. The monoisotopic (exact) mass is 246 g/mol. The molecule has 18 heavy (non-hydrogen) atoms. The lowest BCUT2D eigenvalue weighted by Gasteiger charge is -2.11. The summed E-state index contributed by atoms with van der Waals surface area (Å²) in [6, 6.07) is 6.88. The number of fused-ring (bicyclic) bond motifs is 1. The van der Waals surface area contributed by atoms with Gasteiger partial charge in [-0.15, -0.1) is 0 Å². The Morgan fingerprint density at radius 3 is 2.72 bits per heavy atom. The van der Waals surface area contributed by atoms with Crippen LogP contribution in [0.25, 0.3) is 10.9 Å². The molecule has 0 aliphatic carbocycles. The Labute approximate surface area is 107 Å². The Balaban J connectivity index is 2.46. The second kappa shape index (κ2) is 5.80. The lowest BCUT2D eigenvalue weighted by molar-refractivity contribution is 0.629. The summed E-state index contributed by atoms with van der Waals surface area (Å²) in [5, 5.41) is 4.33. The minimum absolute atomic E-state index is 0.236. The highest BCUT2D eigenvalue weighted by atomic mass is 19.1. The van der Waals surface area contributed by atoms with Crippen LogP contribution in [-0.4, -0.2) is 11.5 Å². The number of aryl methyl sites for hydroxylation is 1. The van der Waals surface area contributed by atoms with E-state index in [0.717, 1.165) is 37.0 Å². The van der Waals surface area contributed by atoms with Crippen molar-refractivity contribution in [1.29, 1.82) is 0 Å². The van der Waals surface area contributed by atoms with Gasteiger partial charge in [-0.05, 0) is 36.6 Å². The Kier molecular flexibility index (Phi) is 4.13. The molecule has 0 aliphatic rings. The molecule has 1 heterocycles. The molecule has 1 N–H and O–H groups in total. The number of nitrogens with one attached hydrogen (secondary N) is 1. The Hall–Kier alpha value is -1.64. The zero-order chi connectivity index (χ0) is 13.0. The summed E-state index contributed by atoms with van der Waals surface area (Å²) in [4.78, 5) is 4.54. The molecule has 0 aliphatic heterocycles. The SMILES string of the molecule is CCCNc1nc2cc(F)ccc2cc1CCC. The third-order valence-corrected chi connectivity index (χ3v) is 2.92. The minimum Gasteiger partial charge on any atom is -0.370 e. The highest BCUT2D eigenvalue weighted by Gasteiger charge is 2.06. The molecule has 96 valence electrons. The zero-order valence-electron chi connectivity index (χ0n) is 11.0. The first-order valence-electron chi connectivity index (χ1n) is 6.57. The second-order valence-electron chi connectivity index (χ2n) is 4.51. The highest BCUT2D eigenvalue weighted by molar-refractivity contribution is 5.81. The number of nitrogens with zero attached hydrogens (tertiary/aromatic N) is 1. The summed E-state index contributed by atoms with van der Waals surface area (Å²) < 4.78 is 13.2. The number of anilines is 1. The van der Waals surface area contributed by atoms with Gasteiger partial charge in [-0.2, -0.15) is 0 Å². The maximum Gasteiger partial charge on any atom is 0.129 e. The van der Waals surface area contributed by atoms with Crippen molar-refractivity contribution in [2.45, 2.75) is 33.1 Å². The summed E-state index contributed by atoms with van der Waals surface area (Å²) in [6.07, 6.45) is 3.12. The summed E-state index contributed by atoms with van der Waals surface area (Å²) in [6.45, 7) is 5.16. The van der Waals surface area contributed by atoms with Crippen LogP contribution in [0.3, 0.4) is 0 Å². The summed E-state index contributed by atoms with van der Waals surface area (Å²) in [5.74, 6) is 0.663. The molecular formula is C15H19FN2. The van der Waals surface area contributed by atoms with Crippen molar-refractivity contribution in [3.05, 3.63) is 35.6 Å². The zero-order valence-corrected chi connectivity index (χ0v) is 11.0. The highest BCUT2D eigenvalue weighted by Crippen LogP contribution is 2.22. The first-order chi connectivity index (χ1) is 8.74. The first kappa shape index (κ1) is 12.8. The molecule has 2 rings (SSSR count). The van der Waals surface area contributed by atoms with Crippen molar-refractivity contribution in [3.8, 4) is 0 Å². The van der Waals surface area contributed by atoms with Crippen LogP contribution in [0.2, 0.25) is 0 Å². The molecule has 0 radical (unpaired) electrons. The minimum atomic E-state index is -0.236. The van der Waals surface area contributed by atoms with E-state index in [-0.39, 0.29) is 5.82 Å². The van der Waals surface area contributed by atoms with Gasteiger partial charge in [0.1, 0.15) is 11.6 Å². The Morgan fingerprint density at radius 1 is 1.17 bits per heavy atom. The molecule has 1 aromatic carbocycles. The van der Waals surface area contributed by atoms with Gasteiger partial charge in [0.25, 0.3) is 0 Å². The normalized spacial score (nSPS) is 10.8. The van der Waals surface area contributed by atoms with Crippen LogP contribution in [-0.2, 0) is 6.42 Å². The maximum absolute atomic E-state index is 13.2. The van der Waals surface area contributed by atoms with Gasteiger partial charge in [-0.3, -0.25) is 0 Å². The van der Waals surface area contributed by atoms with Crippen LogP contribution in [0.1, 0.15) is 32.3 Å². The Bertz CT molecular complexity index is 537. The summed E-state index contributed by atoms with van der Waals surface area (Å²) in [7, 11) is 0. The van der Waals surface area contributed by atoms with E-state index in [2.05, 4.69) is 30.2 Å². The average Bonchev–Trinajstić information content (AvgIpc) is 2.37. The van der Waals surface area contributed by atoms with Crippen molar-refractivity contribution < 1.29 is 4.39 Å². The maximum atomic E-state index is 13.2. The van der Waals surface area contributed by atoms with Crippen LogP contribution in [0.4, 0.5) is 10.2 Å². The molecule has 1 aromatic heterocycles. The van der Waals surface area contributed by atoms with E-state index in [0.29, 0.717) is 5.52 Å². The molecule has 0 spiro atoms. The van der Waals surface area contributed by atoms with Crippen LogP contribution < -0.4 is 5.32 Å². The molecule has 0 atom stereocenters. The van der Waals surface area contributed by atoms with E-state index < -0.39 is 0 Å². The van der Waals surface area contributed by atoms with E-state index >= 15 is 0 Å². The van der Waals surface area contributed by atoms with Crippen molar-refractivity contribution in [1.82, 2.24) is 4.98 Å². The van der Waals surface area contributed by atoms with Crippen molar-refractivity contribution in [2.24, 2.45) is 0 Å². The Morgan fingerprint density at radius 2 is 2.00 bits per heavy atom. The van der Waals surface area contributed by atoms with Crippen molar-refractivity contribution >= 4 is 16.7 Å². The van der Waals surface area contributed by atoms with Gasteiger partial charge in [0.15, 0.2) is 0 Å². The van der Waals surface area contributed by atoms with Crippen molar-refractivity contribution in [3.63, 3.8) is 0 Å². The predicted molar refractivity (Wildman–Crippen MR) is 74.5 cm³/mol. The number of pyridine rings is 1. The average molecular weight is 246 g/mol. The van der Waals surface area contributed by atoms with Gasteiger partial charge in [0, 0.05) is 18.0 Å². The molecule has 0 saturated carbocycles. The fourth-order valence-electron chi connectivity index (χ4n) is 2.04. The molecule has 0 unspecified atom stereocenters. The molecule has 0 amide bonds. The molecule has 0 bridgehead atoms. The first-order valence-corrected chi connectivity index (χ1v) is 6.57. The summed E-state index contributed by atoms with van der Waals surface area (Å²) in [5.41, 5.74) is 1.93. The van der Waals surface area contributed by atoms with Gasteiger partial charge in [0.2, 0.25) is 0 Å². The topological polar surface area (TPSA) is 24.9 Å². The third kappa shape index (κ3) is 2.78. The van der Waals surface area contributed by atoms with E-state index in [1.54, 1.807) is 6.07 Å². The van der Waals surface area contributed by atoms with Crippen LogP contribution in [0.5, 0.6) is 0 Å². The van der Waals surface area contributed by atoms with Crippen LogP contribution in [0, 0.1) is 5.82 Å². The molecule has 0 saturated heterocycles. The third-order valence-electron chi connectivity index (χ3n) is 2.92. The van der Waals surface area contributed by atoms with E-state index in [1.807, 2.05) is 0 Å². The quantitative estimate of drug-likeness (QED) is 0.857. The van der Waals surface area contributed by atoms with Gasteiger partial charge in [0.05, 0.1) is 5.52 Å². The molecule has 2 aromatic rings.